The number of rotatable bonds is 3. The Labute approximate surface area is 79.9 Å². The molecular weight excluding hydrogens is 188 g/mol. The highest BCUT2D eigenvalue weighted by atomic mass is 32.2. The minimum absolute atomic E-state index is 0.145. The van der Waals surface area contributed by atoms with Crippen molar-refractivity contribution in [3.8, 4) is 0 Å². The summed E-state index contributed by atoms with van der Waals surface area (Å²) in [6.07, 6.45) is 3.29. The zero-order valence-electron chi connectivity index (χ0n) is 7.15. The molecule has 6 heteroatoms. The predicted octanol–water partition coefficient (Wildman–Crippen LogP) is 0.0207. The van der Waals surface area contributed by atoms with Gasteiger partial charge in [-0.15, -0.1) is 0 Å². The molecule has 5 nitrogen and oxygen atoms in total. The minimum Gasteiger partial charge on any atom is -0.383 e. The van der Waals surface area contributed by atoms with E-state index < -0.39 is 5.91 Å². The Bertz CT molecular complexity index is 328. The van der Waals surface area contributed by atoms with E-state index in [0.29, 0.717) is 11.6 Å². The normalized spacial score (nSPS) is 9.92. The molecular formula is C7H10N4OS. The highest BCUT2D eigenvalue weighted by Gasteiger charge is 2.08. The number of hydrogen-bond acceptors (Lipinski definition) is 5. The van der Waals surface area contributed by atoms with Crippen LogP contribution in [0.2, 0.25) is 0 Å². The van der Waals surface area contributed by atoms with Crippen molar-refractivity contribution < 1.29 is 4.79 Å². The quantitative estimate of drug-likeness (QED) is 0.714. The summed E-state index contributed by atoms with van der Waals surface area (Å²) in [6.45, 7) is 0. The molecule has 0 fully saturated rings. The van der Waals surface area contributed by atoms with Crippen LogP contribution in [0.5, 0.6) is 0 Å². The number of carbonyl (C=O) groups is 1. The first-order valence-electron chi connectivity index (χ1n) is 3.55. The summed E-state index contributed by atoms with van der Waals surface area (Å²) in [6, 6.07) is 0. The lowest BCUT2D eigenvalue weighted by atomic mass is 10.3. The molecule has 1 amide bonds. The van der Waals surface area contributed by atoms with Gasteiger partial charge in [-0.1, -0.05) is 0 Å². The van der Waals surface area contributed by atoms with Gasteiger partial charge in [-0.2, -0.15) is 11.8 Å². The van der Waals surface area contributed by atoms with Crippen molar-refractivity contribution in [1.29, 1.82) is 0 Å². The van der Waals surface area contributed by atoms with E-state index in [1.807, 2.05) is 6.26 Å². The maximum atomic E-state index is 10.7. The molecule has 1 rings (SSSR count). The lowest BCUT2D eigenvalue weighted by Gasteiger charge is -2.01. The average Bonchev–Trinajstić information content (AvgIpc) is 2.04. The number of nitrogens with two attached hydrogens (primary N) is 2. The van der Waals surface area contributed by atoms with Crippen molar-refractivity contribution in [3.63, 3.8) is 0 Å². The fourth-order valence-corrected chi connectivity index (χ4v) is 1.22. The summed E-state index contributed by atoms with van der Waals surface area (Å²) in [4.78, 5) is 18.6. The molecule has 1 aromatic rings. The van der Waals surface area contributed by atoms with E-state index in [9.17, 15) is 4.79 Å². The molecule has 0 bridgehead atoms. The third-order valence-electron chi connectivity index (χ3n) is 1.41. The van der Waals surface area contributed by atoms with Crippen LogP contribution in [0, 0.1) is 0 Å². The fourth-order valence-electron chi connectivity index (χ4n) is 0.822. The van der Waals surface area contributed by atoms with Gasteiger partial charge in [-0.25, -0.2) is 9.97 Å². The zero-order chi connectivity index (χ0) is 9.84. The van der Waals surface area contributed by atoms with Gasteiger partial charge in [0.2, 0.25) is 0 Å². The first-order valence-corrected chi connectivity index (χ1v) is 4.94. The molecule has 1 aromatic heterocycles. The van der Waals surface area contributed by atoms with Gasteiger partial charge < -0.3 is 11.5 Å². The van der Waals surface area contributed by atoms with E-state index in [1.54, 1.807) is 11.8 Å². The molecule has 4 N–H and O–H groups in total. The van der Waals surface area contributed by atoms with Gasteiger partial charge in [0.15, 0.2) is 0 Å². The van der Waals surface area contributed by atoms with Crippen molar-refractivity contribution in [3.05, 3.63) is 17.6 Å². The summed E-state index contributed by atoms with van der Waals surface area (Å²) < 4.78 is 0. The maximum absolute atomic E-state index is 10.7. The lowest BCUT2D eigenvalue weighted by molar-refractivity contribution is 0.100. The van der Waals surface area contributed by atoms with E-state index >= 15 is 0 Å². The SMILES string of the molecule is CSCc1ncc(C(N)=O)c(N)n1. The number of amides is 1. The standard InChI is InChI=1S/C7H10N4OS/c1-13-3-5-10-2-4(7(9)12)6(8)11-5/h2H,3H2,1H3,(H2,9,12)(H2,8,10,11). The maximum Gasteiger partial charge on any atom is 0.254 e. The summed E-state index contributed by atoms with van der Waals surface area (Å²) in [7, 11) is 0. The second-order valence-electron chi connectivity index (χ2n) is 2.38. The molecule has 0 aliphatic carbocycles. The lowest BCUT2D eigenvalue weighted by Crippen LogP contribution is -2.15. The Morgan fingerprint density at radius 2 is 2.38 bits per heavy atom. The first kappa shape index (κ1) is 9.79. The van der Waals surface area contributed by atoms with Crippen molar-refractivity contribution in [1.82, 2.24) is 9.97 Å². The Morgan fingerprint density at radius 1 is 1.69 bits per heavy atom. The van der Waals surface area contributed by atoms with Gasteiger partial charge in [0, 0.05) is 6.20 Å². The molecule has 0 saturated carbocycles. The molecule has 13 heavy (non-hydrogen) atoms. The van der Waals surface area contributed by atoms with Crippen LogP contribution in [0.1, 0.15) is 16.2 Å². The second-order valence-corrected chi connectivity index (χ2v) is 3.25. The van der Waals surface area contributed by atoms with E-state index in [2.05, 4.69) is 9.97 Å². The molecule has 0 aromatic carbocycles. The van der Waals surface area contributed by atoms with Crippen LogP contribution < -0.4 is 11.5 Å². The highest BCUT2D eigenvalue weighted by Crippen LogP contribution is 2.09. The zero-order valence-corrected chi connectivity index (χ0v) is 7.97. The number of primary amides is 1. The molecule has 0 aliphatic rings. The van der Waals surface area contributed by atoms with E-state index in [-0.39, 0.29) is 11.4 Å². The molecule has 0 spiro atoms. The van der Waals surface area contributed by atoms with Crippen LogP contribution in [-0.2, 0) is 5.75 Å². The molecule has 0 unspecified atom stereocenters. The van der Waals surface area contributed by atoms with Crippen LogP contribution in [0.15, 0.2) is 6.20 Å². The number of anilines is 1. The number of nitrogens with zero attached hydrogens (tertiary/aromatic N) is 2. The Kier molecular flexibility index (Phi) is 3.07. The molecule has 70 valence electrons. The molecule has 0 atom stereocenters. The number of nitrogen functional groups attached to an aromatic ring is 1. The summed E-state index contributed by atoms with van der Waals surface area (Å²) >= 11 is 1.58. The van der Waals surface area contributed by atoms with Gasteiger partial charge in [0.25, 0.3) is 5.91 Å². The van der Waals surface area contributed by atoms with Crippen molar-refractivity contribution in [2.75, 3.05) is 12.0 Å². The number of carbonyl (C=O) groups excluding carboxylic acids is 1. The van der Waals surface area contributed by atoms with E-state index in [4.69, 9.17) is 11.5 Å². The second kappa shape index (κ2) is 4.08. The average molecular weight is 198 g/mol. The van der Waals surface area contributed by atoms with Gasteiger partial charge in [0.1, 0.15) is 11.6 Å². The van der Waals surface area contributed by atoms with Crippen LogP contribution in [0.4, 0.5) is 5.82 Å². The summed E-state index contributed by atoms with van der Waals surface area (Å²) in [5.74, 6) is 0.818. The van der Waals surface area contributed by atoms with Gasteiger partial charge in [0.05, 0.1) is 11.3 Å². The Morgan fingerprint density at radius 3 is 2.85 bits per heavy atom. The largest absolute Gasteiger partial charge is 0.383 e. The van der Waals surface area contributed by atoms with Crippen LogP contribution in [0.3, 0.4) is 0 Å². The third-order valence-corrected chi connectivity index (χ3v) is 1.95. The first-order chi connectivity index (χ1) is 6.15. The highest BCUT2D eigenvalue weighted by molar-refractivity contribution is 7.97. The smallest absolute Gasteiger partial charge is 0.254 e. The van der Waals surface area contributed by atoms with Crippen molar-refractivity contribution in [2.45, 2.75) is 5.75 Å². The summed E-state index contributed by atoms with van der Waals surface area (Å²) in [5, 5.41) is 0. The van der Waals surface area contributed by atoms with Gasteiger partial charge in [-0.05, 0) is 6.26 Å². The van der Waals surface area contributed by atoms with Crippen LogP contribution in [0.25, 0.3) is 0 Å². The molecule has 1 heterocycles. The minimum atomic E-state index is -0.604. The van der Waals surface area contributed by atoms with Crippen molar-refractivity contribution in [2.24, 2.45) is 5.73 Å². The number of thioether (sulfide) groups is 1. The van der Waals surface area contributed by atoms with Gasteiger partial charge in [-0.3, -0.25) is 4.79 Å². The third kappa shape index (κ3) is 2.32. The van der Waals surface area contributed by atoms with Crippen molar-refractivity contribution >= 4 is 23.5 Å². The van der Waals surface area contributed by atoms with Gasteiger partial charge >= 0.3 is 0 Å². The summed E-state index contributed by atoms with van der Waals surface area (Å²) in [5.41, 5.74) is 10.7. The number of aromatic nitrogens is 2. The van der Waals surface area contributed by atoms with Crippen LogP contribution >= 0.6 is 11.8 Å². The topological polar surface area (TPSA) is 94.9 Å². The molecule has 0 radical (unpaired) electrons. The predicted molar refractivity (Wildman–Crippen MR) is 52.2 cm³/mol. The molecule has 0 aliphatic heterocycles. The van der Waals surface area contributed by atoms with E-state index in [0.717, 1.165) is 0 Å². The Hall–Kier alpha value is -1.30. The monoisotopic (exact) mass is 198 g/mol. The fraction of sp³-hybridized carbons (Fsp3) is 0.286. The molecule has 0 saturated heterocycles. The Balaban J connectivity index is 2.98. The number of hydrogen-bond donors (Lipinski definition) is 2. The van der Waals surface area contributed by atoms with E-state index in [1.165, 1.54) is 6.20 Å². The van der Waals surface area contributed by atoms with Crippen LogP contribution in [-0.4, -0.2) is 22.1 Å².